The van der Waals surface area contributed by atoms with E-state index >= 15 is 0 Å². The molecule has 0 radical (unpaired) electrons. The molecule has 0 aliphatic rings. The van der Waals surface area contributed by atoms with E-state index in [4.69, 9.17) is 0 Å². The molecule has 0 fully saturated rings. The van der Waals surface area contributed by atoms with E-state index in [1.54, 1.807) is 48.5 Å². The van der Waals surface area contributed by atoms with Crippen LogP contribution in [-0.2, 0) is 11.2 Å². The largest absolute Gasteiger partial charge is 0.507 e. The number of carbonyl (C=O) groups excluding carboxylic acids is 2. The van der Waals surface area contributed by atoms with Crippen LogP contribution in [0.5, 0.6) is 5.75 Å². The topological polar surface area (TPSA) is 90.8 Å². The molecule has 128 valence electrons. The van der Waals surface area contributed by atoms with Crippen molar-refractivity contribution in [2.75, 3.05) is 5.32 Å². The van der Waals surface area contributed by atoms with Crippen LogP contribution >= 0.6 is 0 Å². The van der Waals surface area contributed by atoms with Crippen molar-refractivity contribution in [3.05, 3.63) is 71.8 Å². The van der Waals surface area contributed by atoms with E-state index in [9.17, 15) is 14.7 Å². The SMILES string of the molecule is C=CCc1cccc(/C=N\NC(=O)c2ccc(NC(C)=O)cc2)c1O. The summed E-state index contributed by atoms with van der Waals surface area (Å²) in [5, 5.41) is 16.6. The van der Waals surface area contributed by atoms with E-state index in [0.29, 0.717) is 23.2 Å². The minimum atomic E-state index is -0.396. The highest BCUT2D eigenvalue weighted by molar-refractivity contribution is 5.96. The Morgan fingerprint density at radius 2 is 1.92 bits per heavy atom. The molecule has 2 aromatic carbocycles. The minimum Gasteiger partial charge on any atom is -0.507 e. The van der Waals surface area contributed by atoms with Gasteiger partial charge in [-0.15, -0.1) is 6.58 Å². The van der Waals surface area contributed by atoms with E-state index < -0.39 is 5.91 Å². The maximum Gasteiger partial charge on any atom is 0.271 e. The minimum absolute atomic E-state index is 0.111. The summed E-state index contributed by atoms with van der Waals surface area (Å²) in [7, 11) is 0. The summed E-state index contributed by atoms with van der Waals surface area (Å²) in [6, 6.07) is 11.7. The number of phenols is 1. The van der Waals surface area contributed by atoms with Crippen LogP contribution in [0.3, 0.4) is 0 Å². The van der Waals surface area contributed by atoms with E-state index in [1.807, 2.05) is 0 Å². The molecule has 0 saturated heterocycles. The Hall–Kier alpha value is -3.41. The van der Waals surface area contributed by atoms with Gasteiger partial charge in [0.1, 0.15) is 5.75 Å². The van der Waals surface area contributed by atoms with Gasteiger partial charge in [-0.25, -0.2) is 5.43 Å². The van der Waals surface area contributed by atoms with Gasteiger partial charge in [-0.1, -0.05) is 18.2 Å². The lowest BCUT2D eigenvalue weighted by molar-refractivity contribution is -0.114. The third-order valence-electron chi connectivity index (χ3n) is 3.35. The number of anilines is 1. The Bertz CT molecular complexity index is 811. The van der Waals surface area contributed by atoms with Crippen LogP contribution in [0, 0.1) is 0 Å². The Kier molecular flexibility index (Phi) is 6.06. The van der Waals surface area contributed by atoms with E-state index in [2.05, 4.69) is 22.4 Å². The average molecular weight is 337 g/mol. The number of carbonyl (C=O) groups is 2. The second-order valence-corrected chi connectivity index (χ2v) is 5.31. The molecule has 6 nitrogen and oxygen atoms in total. The van der Waals surface area contributed by atoms with Crippen molar-refractivity contribution in [1.29, 1.82) is 0 Å². The Balaban J connectivity index is 2.02. The molecule has 2 rings (SSSR count). The van der Waals surface area contributed by atoms with Crippen molar-refractivity contribution >= 4 is 23.7 Å². The van der Waals surface area contributed by atoms with Gasteiger partial charge in [-0.05, 0) is 42.3 Å². The highest BCUT2D eigenvalue weighted by Gasteiger charge is 2.06. The number of allylic oxidation sites excluding steroid dienone is 1. The number of aromatic hydroxyl groups is 1. The Morgan fingerprint density at radius 1 is 1.20 bits per heavy atom. The normalized spacial score (nSPS) is 10.4. The molecule has 0 heterocycles. The summed E-state index contributed by atoms with van der Waals surface area (Å²) in [5.41, 5.74) is 4.64. The number of amides is 2. The zero-order valence-corrected chi connectivity index (χ0v) is 13.8. The number of hydrogen-bond donors (Lipinski definition) is 3. The van der Waals surface area contributed by atoms with Crippen LogP contribution < -0.4 is 10.7 Å². The summed E-state index contributed by atoms with van der Waals surface area (Å²) in [6.07, 6.45) is 3.62. The zero-order chi connectivity index (χ0) is 18.2. The number of nitrogens with zero attached hydrogens (tertiary/aromatic N) is 1. The summed E-state index contributed by atoms with van der Waals surface area (Å²) >= 11 is 0. The molecule has 0 aromatic heterocycles. The molecule has 2 amide bonds. The fourth-order valence-corrected chi connectivity index (χ4v) is 2.17. The Labute approximate surface area is 145 Å². The van der Waals surface area contributed by atoms with Crippen molar-refractivity contribution in [3.8, 4) is 5.75 Å². The van der Waals surface area contributed by atoms with Gasteiger partial charge in [0, 0.05) is 23.7 Å². The van der Waals surface area contributed by atoms with E-state index in [0.717, 1.165) is 5.56 Å². The number of nitrogens with one attached hydrogen (secondary N) is 2. The van der Waals surface area contributed by atoms with Crippen molar-refractivity contribution < 1.29 is 14.7 Å². The van der Waals surface area contributed by atoms with Crippen LogP contribution in [0.25, 0.3) is 0 Å². The van der Waals surface area contributed by atoms with Crippen LogP contribution in [0.15, 0.2) is 60.2 Å². The first kappa shape index (κ1) is 17.9. The van der Waals surface area contributed by atoms with Gasteiger partial charge in [-0.3, -0.25) is 9.59 Å². The predicted octanol–water partition coefficient (Wildman–Crippen LogP) is 2.84. The summed E-state index contributed by atoms with van der Waals surface area (Å²) in [4.78, 5) is 23.0. The number of benzene rings is 2. The summed E-state index contributed by atoms with van der Waals surface area (Å²) in [6.45, 7) is 5.05. The van der Waals surface area contributed by atoms with Gasteiger partial charge in [0.25, 0.3) is 5.91 Å². The summed E-state index contributed by atoms with van der Waals surface area (Å²) in [5.74, 6) is -0.465. The van der Waals surface area contributed by atoms with Gasteiger partial charge < -0.3 is 10.4 Å². The van der Waals surface area contributed by atoms with Gasteiger partial charge in [0.05, 0.1) is 6.21 Å². The molecule has 0 bridgehead atoms. The molecule has 3 N–H and O–H groups in total. The van der Waals surface area contributed by atoms with Crippen LogP contribution in [0.4, 0.5) is 5.69 Å². The maximum absolute atomic E-state index is 12.0. The monoisotopic (exact) mass is 337 g/mol. The molecule has 2 aromatic rings. The standard InChI is InChI=1S/C19H19N3O3/c1-3-5-14-6-4-7-16(18(14)24)12-20-22-19(25)15-8-10-17(11-9-15)21-13(2)23/h3-4,6-12,24H,1,5H2,2H3,(H,21,23)(H,22,25)/b20-12-. The van der Waals surface area contributed by atoms with Crippen LogP contribution in [0.2, 0.25) is 0 Å². The first-order chi connectivity index (χ1) is 12.0. The average Bonchev–Trinajstić information content (AvgIpc) is 2.58. The molecule has 0 atom stereocenters. The van der Waals surface area contributed by atoms with Gasteiger partial charge in [0.2, 0.25) is 5.91 Å². The van der Waals surface area contributed by atoms with Crippen LogP contribution in [-0.4, -0.2) is 23.1 Å². The third-order valence-corrected chi connectivity index (χ3v) is 3.35. The quantitative estimate of drug-likeness (QED) is 0.430. The van der Waals surface area contributed by atoms with E-state index in [1.165, 1.54) is 13.1 Å². The second-order valence-electron chi connectivity index (χ2n) is 5.31. The molecule has 6 heteroatoms. The first-order valence-corrected chi connectivity index (χ1v) is 7.64. The molecular formula is C19H19N3O3. The lowest BCUT2D eigenvalue weighted by Gasteiger charge is -2.05. The predicted molar refractivity (Wildman–Crippen MR) is 97.8 cm³/mol. The number of hydrogen-bond acceptors (Lipinski definition) is 4. The fourth-order valence-electron chi connectivity index (χ4n) is 2.17. The number of phenolic OH excluding ortho intramolecular Hbond substituents is 1. The molecule has 0 spiro atoms. The van der Waals surface area contributed by atoms with Crippen molar-refractivity contribution in [3.63, 3.8) is 0 Å². The lowest BCUT2D eigenvalue weighted by atomic mass is 10.1. The van der Waals surface area contributed by atoms with E-state index in [-0.39, 0.29) is 11.7 Å². The Morgan fingerprint density at radius 3 is 2.56 bits per heavy atom. The second kappa shape index (κ2) is 8.44. The summed E-state index contributed by atoms with van der Waals surface area (Å²) < 4.78 is 0. The third kappa shape index (κ3) is 5.04. The number of para-hydroxylation sites is 1. The number of rotatable bonds is 6. The maximum atomic E-state index is 12.0. The fraction of sp³-hybridized carbons (Fsp3) is 0.105. The zero-order valence-electron chi connectivity index (χ0n) is 13.8. The lowest BCUT2D eigenvalue weighted by Crippen LogP contribution is -2.17. The van der Waals surface area contributed by atoms with Gasteiger partial charge in [0.15, 0.2) is 0 Å². The molecule has 0 saturated carbocycles. The van der Waals surface area contributed by atoms with Gasteiger partial charge >= 0.3 is 0 Å². The molecule has 0 aliphatic heterocycles. The molecule has 0 unspecified atom stereocenters. The highest BCUT2D eigenvalue weighted by atomic mass is 16.3. The first-order valence-electron chi connectivity index (χ1n) is 7.64. The van der Waals surface area contributed by atoms with Crippen LogP contribution in [0.1, 0.15) is 28.4 Å². The van der Waals surface area contributed by atoms with Gasteiger partial charge in [-0.2, -0.15) is 5.10 Å². The van der Waals surface area contributed by atoms with Crippen molar-refractivity contribution in [2.24, 2.45) is 5.10 Å². The molecule has 25 heavy (non-hydrogen) atoms. The van der Waals surface area contributed by atoms with Crippen molar-refractivity contribution in [2.45, 2.75) is 13.3 Å². The smallest absolute Gasteiger partial charge is 0.271 e. The highest BCUT2D eigenvalue weighted by Crippen LogP contribution is 2.21. The molecule has 0 aliphatic carbocycles. The molecular weight excluding hydrogens is 318 g/mol. The number of hydrazone groups is 1. The van der Waals surface area contributed by atoms with Crippen molar-refractivity contribution in [1.82, 2.24) is 5.43 Å².